The van der Waals surface area contributed by atoms with E-state index in [1.54, 1.807) is 6.08 Å². The third kappa shape index (κ3) is 3.81. The first kappa shape index (κ1) is 13.1. The molecule has 0 spiro atoms. The first-order chi connectivity index (χ1) is 9.15. The molecule has 0 aliphatic heterocycles. The maximum Gasteiger partial charge on any atom is 0.248 e. The Kier molecular flexibility index (Phi) is 4.14. The van der Waals surface area contributed by atoms with Crippen LogP contribution in [0.2, 0.25) is 0 Å². The molecule has 1 amide bonds. The molecular weight excluding hydrogens is 234 g/mol. The molecule has 2 aromatic rings. The molecule has 0 atom stereocenters. The number of benzene rings is 2. The van der Waals surface area contributed by atoms with Crippen molar-refractivity contribution < 1.29 is 4.79 Å². The maximum absolute atomic E-state index is 11.7. The number of aryl methyl sites for hydroxylation is 2. The molecule has 0 bridgehead atoms. The molecule has 96 valence electrons. The van der Waals surface area contributed by atoms with E-state index >= 15 is 0 Å². The first-order valence-corrected chi connectivity index (χ1v) is 6.26. The van der Waals surface area contributed by atoms with Gasteiger partial charge in [-0.2, -0.15) is 0 Å². The van der Waals surface area contributed by atoms with Crippen LogP contribution in [0.15, 0.2) is 54.6 Å². The number of amides is 1. The van der Waals surface area contributed by atoms with Crippen molar-refractivity contribution in [1.29, 1.82) is 0 Å². The minimum absolute atomic E-state index is 0.121. The SMILES string of the molecule is Cc1ccc(/C=C/C(=O)Nc2ccccc2)cc1C. The van der Waals surface area contributed by atoms with Crippen LogP contribution >= 0.6 is 0 Å². The summed E-state index contributed by atoms with van der Waals surface area (Å²) in [7, 11) is 0. The van der Waals surface area contributed by atoms with Gasteiger partial charge in [-0.3, -0.25) is 4.79 Å². The van der Waals surface area contributed by atoms with Crippen LogP contribution in [0.3, 0.4) is 0 Å². The van der Waals surface area contributed by atoms with Gasteiger partial charge in [0.1, 0.15) is 0 Å². The van der Waals surface area contributed by atoms with E-state index < -0.39 is 0 Å². The standard InChI is InChI=1S/C17H17NO/c1-13-8-9-15(12-14(13)2)10-11-17(19)18-16-6-4-3-5-7-16/h3-12H,1-2H3,(H,18,19)/b11-10+. The number of para-hydroxylation sites is 1. The molecule has 0 saturated heterocycles. The summed E-state index contributed by atoms with van der Waals surface area (Å²) in [6.45, 7) is 4.14. The molecule has 0 aliphatic rings. The lowest BCUT2D eigenvalue weighted by atomic mass is 10.1. The first-order valence-electron chi connectivity index (χ1n) is 6.26. The van der Waals surface area contributed by atoms with Crippen molar-refractivity contribution in [3.8, 4) is 0 Å². The third-order valence-corrected chi connectivity index (χ3v) is 3.00. The van der Waals surface area contributed by atoms with Crippen molar-refractivity contribution in [2.45, 2.75) is 13.8 Å². The fourth-order valence-electron chi connectivity index (χ4n) is 1.75. The highest BCUT2D eigenvalue weighted by Gasteiger charge is 1.97. The van der Waals surface area contributed by atoms with E-state index in [1.165, 1.54) is 11.1 Å². The highest BCUT2D eigenvalue weighted by atomic mass is 16.1. The average molecular weight is 251 g/mol. The van der Waals surface area contributed by atoms with E-state index in [0.29, 0.717) is 0 Å². The summed E-state index contributed by atoms with van der Waals surface area (Å²) in [5, 5.41) is 2.81. The van der Waals surface area contributed by atoms with Crippen LogP contribution < -0.4 is 5.32 Å². The summed E-state index contributed by atoms with van der Waals surface area (Å²) in [6.07, 6.45) is 3.38. The van der Waals surface area contributed by atoms with Crippen molar-refractivity contribution >= 4 is 17.7 Å². The van der Waals surface area contributed by atoms with Crippen LogP contribution in [0.1, 0.15) is 16.7 Å². The Labute approximate surface area is 113 Å². The van der Waals surface area contributed by atoms with Crippen molar-refractivity contribution in [3.63, 3.8) is 0 Å². The molecule has 0 saturated carbocycles. The van der Waals surface area contributed by atoms with Crippen molar-refractivity contribution in [2.75, 3.05) is 5.32 Å². The molecule has 1 N–H and O–H groups in total. The Balaban J connectivity index is 2.02. The van der Waals surface area contributed by atoms with Crippen LogP contribution in [-0.2, 0) is 4.79 Å². The van der Waals surface area contributed by atoms with Crippen molar-refractivity contribution in [3.05, 3.63) is 71.3 Å². The van der Waals surface area contributed by atoms with Crippen molar-refractivity contribution in [1.82, 2.24) is 0 Å². The number of rotatable bonds is 3. The van der Waals surface area contributed by atoms with E-state index in [4.69, 9.17) is 0 Å². The van der Waals surface area contributed by atoms with E-state index in [0.717, 1.165) is 11.3 Å². The quantitative estimate of drug-likeness (QED) is 0.822. The second-order valence-corrected chi connectivity index (χ2v) is 4.53. The minimum atomic E-state index is -0.121. The number of carbonyl (C=O) groups is 1. The normalized spacial score (nSPS) is 10.6. The summed E-state index contributed by atoms with van der Waals surface area (Å²) in [5.74, 6) is -0.121. The Bertz CT molecular complexity index is 600. The summed E-state index contributed by atoms with van der Waals surface area (Å²) in [4.78, 5) is 11.7. The third-order valence-electron chi connectivity index (χ3n) is 3.00. The van der Waals surface area contributed by atoms with E-state index in [2.05, 4.69) is 31.3 Å². The highest BCUT2D eigenvalue weighted by Crippen LogP contribution is 2.11. The number of anilines is 1. The fraction of sp³-hybridized carbons (Fsp3) is 0.118. The van der Waals surface area contributed by atoms with Crippen molar-refractivity contribution in [2.24, 2.45) is 0 Å². The van der Waals surface area contributed by atoms with Crippen LogP contribution in [0.5, 0.6) is 0 Å². The molecule has 19 heavy (non-hydrogen) atoms. The van der Waals surface area contributed by atoms with Gasteiger partial charge in [-0.1, -0.05) is 36.4 Å². The zero-order chi connectivity index (χ0) is 13.7. The van der Waals surface area contributed by atoms with Gasteiger partial charge in [-0.25, -0.2) is 0 Å². The lowest BCUT2D eigenvalue weighted by molar-refractivity contribution is -0.111. The molecule has 0 fully saturated rings. The number of hydrogen-bond acceptors (Lipinski definition) is 1. The number of carbonyl (C=O) groups excluding carboxylic acids is 1. The molecule has 0 aromatic heterocycles. The molecular formula is C17H17NO. The zero-order valence-corrected chi connectivity index (χ0v) is 11.2. The Hall–Kier alpha value is -2.35. The van der Waals surface area contributed by atoms with Crippen LogP contribution in [-0.4, -0.2) is 5.91 Å². The van der Waals surface area contributed by atoms with E-state index in [9.17, 15) is 4.79 Å². The number of nitrogens with one attached hydrogen (secondary N) is 1. The predicted octanol–water partition coefficient (Wildman–Crippen LogP) is 3.96. The zero-order valence-electron chi connectivity index (χ0n) is 11.2. The molecule has 0 radical (unpaired) electrons. The molecule has 0 aliphatic carbocycles. The van der Waals surface area contributed by atoms with Gasteiger partial charge < -0.3 is 5.32 Å². The summed E-state index contributed by atoms with van der Waals surface area (Å²) in [5.41, 5.74) is 4.32. The Morgan fingerprint density at radius 3 is 2.42 bits per heavy atom. The summed E-state index contributed by atoms with van der Waals surface area (Å²) >= 11 is 0. The lowest BCUT2D eigenvalue weighted by Crippen LogP contribution is -2.07. The summed E-state index contributed by atoms with van der Waals surface area (Å²) < 4.78 is 0. The molecule has 0 heterocycles. The van der Waals surface area contributed by atoms with Gasteiger partial charge in [0, 0.05) is 11.8 Å². The lowest BCUT2D eigenvalue weighted by Gasteiger charge is -2.02. The number of hydrogen-bond donors (Lipinski definition) is 1. The Morgan fingerprint density at radius 1 is 1.00 bits per heavy atom. The van der Waals surface area contributed by atoms with Gasteiger partial charge in [0.05, 0.1) is 0 Å². The van der Waals surface area contributed by atoms with Crippen LogP contribution in [0.4, 0.5) is 5.69 Å². The van der Waals surface area contributed by atoms with Crippen LogP contribution in [0, 0.1) is 13.8 Å². The van der Waals surface area contributed by atoms with E-state index in [-0.39, 0.29) is 5.91 Å². The second-order valence-electron chi connectivity index (χ2n) is 4.53. The maximum atomic E-state index is 11.7. The van der Waals surface area contributed by atoms with Gasteiger partial charge in [0.25, 0.3) is 0 Å². The van der Waals surface area contributed by atoms with Gasteiger partial charge in [-0.15, -0.1) is 0 Å². The van der Waals surface area contributed by atoms with E-state index in [1.807, 2.05) is 42.5 Å². The largest absolute Gasteiger partial charge is 0.323 e. The molecule has 2 heteroatoms. The average Bonchev–Trinajstić information content (AvgIpc) is 2.41. The molecule has 2 nitrogen and oxygen atoms in total. The van der Waals surface area contributed by atoms with Crippen LogP contribution in [0.25, 0.3) is 6.08 Å². The predicted molar refractivity (Wildman–Crippen MR) is 80.0 cm³/mol. The molecule has 2 aromatic carbocycles. The van der Waals surface area contributed by atoms with Gasteiger partial charge in [0.15, 0.2) is 0 Å². The summed E-state index contributed by atoms with van der Waals surface area (Å²) in [6, 6.07) is 15.6. The second kappa shape index (κ2) is 6.01. The van der Waals surface area contributed by atoms with Gasteiger partial charge in [0.2, 0.25) is 5.91 Å². The molecule has 2 rings (SSSR count). The smallest absolute Gasteiger partial charge is 0.248 e. The minimum Gasteiger partial charge on any atom is -0.323 e. The fourth-order valence-corrected chi connectivity index (χ4v) is 1.75. The van der Waals surface area contributed by atoms with Gasteiger partial charge >= 0.3 is 0 Å². The van der Waals surface area contributed by atoms with Gasteiger partial charge in [-0.05, 0) is 48.7 Å². The Morgan fingerprint density at radius 2 is 1.74 bits per heavy atom. The topological polar surface area (TPSA) is 29.1 Å². The highest BCUT2D eigenvalue weighted by molar-refractivity contribution is 6.01. The molecule has 0 unspecified atom stereocenters. The monoisotopic (exact) mass is 251 g/mol.